The Kier molecular flexibility index (Phi) is 3.46. The van der Waals surface area contributed by atoms with E-state index in [1.807, 2.05) is 0 Å². The van der Waals surface area contributed by atoms with Crippen LogP contribution < -0.4 is 0 Å². The first-order chi connectivity index (χ1) is 5.72. The zero-order valence-electron chi connectivity index (χ0n) is 7.02. The van der Waals surface area contributed by atoms with E-state index in [-0.39, 0.29) is 12.8 Å². The highest BCUT2D eigenvalue weighted by Gasteiger charge is 2.20. The van der Waals surface area contributed by atoms with E-state index < -0.39 is 5.97 Å². The van der Waals surface area contributed by atoms with Crippen LogP contribution in [0.2, 0.25) is 0 Å². The zero-order chi connectivity index (χ0) is 8.97. The topological polar surface area (TPSA) is 59.0 Å². The molecule has 0 aromatic heterocycles. The number of carboxylic acid groups (broad SMARTS) is 1. The van der Waals surface area contributed by atoms with Gasteiger partial charge >= 0.3 is 5.97 Å². The lowest BCUT2D eigenvalue weighted by atomic mass is 10.4. The molecule has 1 aliphatic heterocycles. The maximum absolute atomic E-state index is 10.3. The molecule has 1 rings (SSSR count). The monoisotopic (exact) mass is 175 g/mol. The fraction of sp³-hybridized carbons (Fsp3) is 0.857. The summed E-state index contributed by atoms with van der Waals surface area (Å²) >= 11 is 0. The number of methoxy groups -OCH3 is 1. The fourth-order valence-corrected chi connectivity index (χ4v) is 1.15. The number of hydrogen-bond acceptors (Lipinski definition) is 4. The Bertz CT molecular complexity index is 161. The molecule has 1 saturated heterocycles. The fourth-order valence-electron chi connectivity index (χ4n) is 1.15. The SMILES string of the molecule is COC1CN(CC(=O)O)CCO1. The molecule has 1 unspecified atom stereocenters. The van der Waals surface area contributed by atoms with Gasteiger partial charge in [0.2, 0.25) is 0 Å². The van der Waals surface area contributed by atoms with Crippen LogP contribution >= 0.6 is 0 Å². The van der Waals surface area contributed by atoms with Crippen molar-refractivity contribution in [2.24, 2.45) is 0 Å². The highest BCUT2D eigenvalue weighted by atomic mass is 16.7. The summed E-state index contributed by atoms with van der Waals surface area (Å²) < 4.78 is 10.1. The maximum Gasteiger partial charge on any atom is 0.317 e. The zero-order valence-corrected chi connectivity index (χ0v) is 7.02. The average molecular weight is 175 g/mol. The minimum Gasteiger partial charge on any atom is -0.480 e. The molecule has 12 heavy (non-hydrogen) atoms. The summed E-state index contributed by atoms with van der Waals surface area (Å²) in [5, 5.41) is 8.50. The standard InChI is InChI=1S/C7H13NO4/c1-11-7-5-8(2-3-12-7)4-6(9)10/h7H,2-5H2,1H3,(H,9,10). The van der Waals surface area contributed by atoms with E-state index in [0.29, 0.717) is 19.7 Å². The van der Waals surface area contributed by atoms with E-state index in [0.717, 1.165) is 0 Å². The molecule has 1 heterocycles. The summed E-state index contributed by atoms with van der Waals surface area (Å²) in [4.78, 5) is 12.1. The van der Waals surface area contributed by atoms with Crippen LogP contribution in [0, 0.1) is 0 Å². The van der Waals surface area contributed by atoms with Crippen LogP contribution in [-0.4, -0.2) is 55.6 Å². The second-order valence-corrected chi connectivity index (χ2v) is 2.66. The molecule has 0 bridgehead atoms. The van der Waals surface area contributed by atoms with Crippen molar-refractivity contribution >= 4 is 5.97 Å². The van der Waals surface area contributed by atoms with Crippen LogP contribution in [0.4, 0.5) is 0 Å². The van der Waals surface area contributed by atoms with Gasteiger partial charge in [-0.05, 0) is 0 Å². The summed E-state index contributed by atoms with van der Waals surface area (Å²) in [5.74, 6) is -0.813. The van der Waals surface area contributed by atoms with E-state index >= 15 is 0 Å². The summed E-state index contributed by atoms with van der Waals surface area (Å²) in [7, 11) is 1.55. The third-order valence-corrected chi connectivity index (χ3v) is 1.74. The Hall–Kier alpha value is -0.650. The van der Waals surface area contributed by atoms with Crippen molar-refractivity contribution in [3.8, 4) is 0 Å². The minimum absolute atomic E-state index is 0.0587. The molecule has 1 N–H and O–H groups in total. The molecule has 70 valence electrons. The Morgan fingerprint density at radius 1 is 1.83 bits per heavy atom. The normalized spacial score (nSPS) is 25.6. The van der Waals surface area contributed by atoms with Crippen molar-refractivity contribution in [3.05, 3.63) is 0 Å². The summed E-state index contributed by atoms with van der Waals surface area (Å²) in [6.07, 6.45) is -0.280. The van der Waals surface area contributed by atoms with Gasteiger partial charge in [0.25, 0.3) is 0 Å². The average Bonchev–Trinajstić information content (AvgIpc) is 2.03. The van der Waals surface area contributed by atoms with E-state index in [2.05, 4.69) is 0 Å². The van der Waals surface area contributed by atoms with Gasteiger partial charge in [-0.2, -0.15) is 0 Å². The van der Waals surface area contributed by atoms with E-state index in [1.165, 1.54) is 0 Å². The summed E-state index contributed by atoms with van der Waals surface area (Å²) in [5.41, 5.74) is 0. The van der Waals surface area contributed by atoms with Gasteiger partial charge in [-0.3, -0.25) is 9.69 Å². The van der Waals surface area contributed by atoms with Crippen LogP contribution in [0.1, 0.15) is 0 Å². The molecule has 1 aliphatic rings. The first-order valence-electron chi connectivity index (χ1n) is 3.81. The van der Waals surface area contributed by atoms with Gasteiger partial charge in [0, 0.05) is 13.7 Å². The molecule has 0 amide bonds. The van der Waals surface area contributed by atoms with Crippen LogP contribution in [0.5, 0.6) is 0 Å². The number of morpholine rings is 1. The summed E-state index contributed by atoms with van der Waals surface area (Å²) in [6.45, 7) is 1.78. The molecular formula is C7H13NO4. The van der Waals surface area contributed by atoms with Crippen LogP contribution in [0.3, 0.4) is 0 Å². The third-order valence-electron chi connectivity index (χ3n) is 1.74. The molecule has 0 aliphatic carbocycles. The van der Waals surface area contributed by atoms with Gasteiger partial charge in [0.15, 0.2) is 6.29 Å². The number of rotatable bonds is 3. The molecule has 0 spiro atoms. The molecule has 1 atom stereocenters. The minimum atomic E-state index is -0.813. The predicted octanol–water partition coefficient (Wildman–Crippen LogP) is -0.624. The lowest BCUT2D eigenvalue weighted by Gasteiger charge is -2.30. The number of aliphatic carboxylic acids is 1. The van der Waals surface area contributed by atoms with Gasteiger partial charge in [-0.25, -0.2) is 0 Å². The number of nitrogens with zero attached hydrogens (tertiary/aromatic N) is 1. The second kappa shape index (κ2) is 4.39. The Morgan fingerprint density at radius 3 is 3.17 bits per heavy atom. The molecule has 1 fully saturated rings. The first-order valence-corrected chi connectivity index (χ1v) is 3.81. The van der Waals surface area contributed by atoms with Crippen molar-refractivity contribution in [2.45, 2.75) is 6.29 Å². The van der Waals surface area contributed by atoms with Crippen LogP contribution in [0.15, 0.2) is 0 Å². The molecule has 0 aromatic rings. The number of hydrogen-bond donors (Lipinski definition) is 1. The molecule has 5 nitrogen and oxygen atoms in total. The second-order valence-electron chi connectivity index (χ2n) is 2.66. The van der Waals surface area contributed by atoms with Crippen molar-refractivity contribution in [1.82, 2.24) is 4.90 Å². The third kappa shape index (κ3) is 2.77. The van der Waals surface area contributed by atoms with Gasteiger partial charge in [-0.15, -0.1) is 0 Å². The van der Waals surface area contributed by atoms with Crippen LogP contribution in [0.25, 0.3) is 0 Å². The van der Waals surface area contributed by atoms with Crippen molar-refractivity contribution < 1.29 is 19.4 Å². The van der Waals surface area contributed by atoms with Gasteiger partial charge in [0.1, 0.15) is 0 Å². The highest BCUT2D eigenvalue weighted by Crippen LogP contribution is 2.04. The highest BCUT2D eigenvalue weighted by molar-refractivity contribution is 5.69. The molecule has 0 radical (unpaired) electrons. The Balaban J connectivity index is 2.30. The summed E-state index contributed by atoms with van der Waals surface area (Å²) in [6, 6.07) is 0. The number of ether oxygens (including phenoxy) is 2. The van der Waals surface area contributed by atoms with Crippen molar-refractivity contribution in [2.75, 3.05) is 33.4 Å². The predicted molar refractivity (Wildman–Crippen MR) is 40.8 cm³/mol. The Morgan fingerprint density at radius 2 is 2.58 bits per heavy atom. The van der Waals surface area contributed by atoms with Gasteiger partial charge in [-0.1, -0.05) is 0 Å². The molecule has 0 saturated carbocycles. The van der Waals surface area contributed by atoms with E-state index in [1.54, 1.807) is 12.0 Å². The largest absolute Gasteiger partial charge is 0.480 e. The molecule has 5 heteroatoms. The van der Waals surface area contributed by atoms with Gasteiger partial charge in [0.05, 0.1) is 19.7 Å². The lowest BCUT2D eigenvalue weighted by molar-refractivity contribution is -0.169. The number of carbonyl (C=O) groups is 1. The lowest BCUT2D eigenvalue weighted by Crippen LogP contribution is -2.45. The quantitative estimate of drug-likeness (QED) is 0.619. The van der Waals surface area contributed by atoms with Crippen molar-refractivity contribution in [3.63, 3.8) is 0 Å². The van der Waals surface area contributed by atoms with E-state index in [9.17, 15) is 4.79 Å². The smallest absolute Gasteiger partial charge is 0.317 e. The molecule has 0 aromatic carbocycles. The Labute approximate surface area is 70.9 Å². The van der Waals surface area contributed by atoms with Crippen molar-refractivity contribution in [1.29, 1.82) is 0 Å². The van der Waals surface area contributed by atoms with Crippen LogP contribution in [-0.2, 0) is 14.3 Å². The first kappa shape index (κ1) is 9.44. The van der Waals surface area contributed by atoms with Gasteiger partial charge < -0.3 is 14.6 Å². The molecular weight excluding hydrogens is 162 g/mol. The van der Waals surface area contributed by atoms with E-state index in [4.69, 9.17) is 14.6 Å². The maximum atomic E-state index is 10.3. The number of carboxylic acids is 1.